The summed E-state index contributed by atoms with van der Waals surface area (Å²) in [4.78, 5) is 0. The molecule has 4 aromatic carbocycles. The van der Waals surface area contributed by atoms with Crippen molar-refractivity contribution in [3.8, 4) is 0 Å². The minimum atomic E-state index is -6.13. The largest absolute Gasteiger partial charge is 0.443 e. The zero-order valence-corrected chi connectivity index (χ0v) is 38.1. The second-order valence-electron chi connectivity index (χ2n) is 15.9. The Morgan fingerprint density at radius 3 is 0.569 bits per heavy atom. The van der Waals surface area contributed by atoms with Gasteiger partial charge in [0.2, 0.25) is 0 Å². The summed E-state index contributed by atoms with van der Waals surface area (Å²) in [5.74, 6) is 2.04. The van der Waals surface area contributed by atoms with Crippen molar-refractivity contribution in [3.63, 3.8) is 0 Å². The maximum atomic E-state index is 14.2. The normalized spacial score (nSPS) is 13.6. The van der Waals surface area contributed by atoms with Crippen molar-refractivity contribution in [3.05, 3.63) is 160 Å². The van der Waals surface area contributed by atoms with Crippen LogP contribution in [-0.4, -0.2) is 6.15 Å². The molecule has 392 valence electrons. The van der Waals surface area contributed by atoms with Crippen molar-refractivity contribution < 1.29 is 135 Å². The molecule has 0 saturated carbocycles. The summed E-state index contributed by atoms with van der Waals surface area (Å²) in [6, 6.07) is -4.57. The first-order chi connectivity index (χ1) is 32.3. The van der Waals surface area contributed by atoms with Crippen molar-refractivity contribution in [2.24, 2.45) is 0 Å². The van der Waals surface area contributed by atoms with Gasteiger partial charge in [0.25, 0.3) is 0 Å². The van der Waals surface area contributed by atoms with Crippen LogP contribution in [0.25, 0.3) is 0 Å². The zero-order chi connectivity index (χ0) is 54.9. The van der Waals surface area contributed by atoms with Crippen LogP contribution in [0.2, 0.25) is 0 Å². The topological polar surface area (TPSA) is 26.3 Å². The maximum Gasteiger partial charge on any atom is 0.443 e. The summed E-state index contributed by atoms with van der Waals surface area (Å²) < 4.78 is 354. The van der Waals surface area contributed by atoms with Crippen LogP contribution >= 0.6 is 0 Å². The Morgan fingerprint density at radius 1 is 0.278 bits per heavy atom. The summed E-state index contributed by atoms with van der Waals surface area (Å²) in [6.45, 7) is 8.15. The molecule has 0 amide bonds. The van der Waals surface area contributed by atoms with Gasteiger partial charge in [-0.1, -0.05) is 48.5 Å². The first kappa shape index (κ1) is 57.5. The van der Waals surface area contributed by atoms with Crippen LogP contribution in [0.4, 0.5) is 105 Å². The van der Waals surface area contributed by atoms with Gasteiger partial charge in [0, 0.05) is 12.1 Å². The lowest BCUT2D eigenvalue weighted by Gasteiger charge is -2.46. The Bertz CT molecular complexity index is 2420. The lowest BCUT2D eigenvalue weighted by atomic mass is 9.12. The number of furan rings is 2. The lowest BCUT2D eigenvalue weighted by Crippen LogP contribution is -3.61. The Hall–Kier alpha value is -5.45. The van der Waals surface area contributed by atoms with Crippen LogP contribution in [0, 0.1) is 35.2 Å². The fourth-order valence-corrected chi connectivity index (χ4v) is 9.96. The number of alkyl halides is 24. The fourth-order valence-electron chi connectivity index (χ4n) is 7.31. The molecule has 0 atom stereocenters. The fraction of sp³-hybridized carbons (Fsp3) is 0.273. The van der Waals surface area contributed by atoms with Crippen LogP contribution < -0.4 is 43.1 Å². The molecule has 0 fully saturated rings. The maximum absolute atomic E-state index is 14.2. The molecule has 0 spiro atoms. The number of aryl methyl sites for hydroxylation is 4. The van der Waals surface area contributed by atoms with Gasteiger partial charge in [0.1, 0.15) is 17.7 Å². The van der Waals surface area contributed by atoms with Gasteiger partial charge in [0.05, 0.1) is 44.5 Å². The van der Waals surface area contributed by atoms with Crippen molar-refractivity contribution in [1.29, 1.82) is 0 Å². The van der Waals surface area contributed by atoms with Gasteiger partial charge in [-0.15, -0.1) is 0 Å². The summed E-state index contributed by atoms with van der Waals surface area (Å²) >= 11 is -0.297. The molecule has 2 nitrogen and oxygen atoms in total. The molecule has 0 bridgehead atoms. The third-order valence-corrected chi connectivity index (χ3v) is 13.0. The molecule has 0 radical (unpaired) electrons. The van der Waals surface area contributed by atoms with E-state index in [-0.39, 0.29) is 21.2 Å². The minimum Gasteiger partial charge on any atom is -0.423 e. The van der Waals surface area contributed by atoms with Crippen LogP contribution in [0.3, 0.4) is 0 Å². The highest BCUT2D eigenvalue weighted by atomic mass is 127. The summed E-state index contributed by atoms with van der Waals surface area (Å²) in [5, 5.41) is 0. The summed E-state index contributed by atoms with van der Waals surface area (Å²) in [7, 11) is 0. The van der Waals surface area contributed by atoms with E-state index in [0.29, 0.717) is 0 Å². The molecule has 2 heterocycles. The summed E-state index contributed by atoms with van der Waals surface area (Å²) in [6.07, 6.45) is -54.8. The van der Waals surface area contributed by atoms with Crippen LogP contribution in [0.1, 0.15) is 67.2 Å². The third kappa shape index (κ3) is 12.8. The molecule has 0 N–H and O–H groups in total. The standard InChI is InChI=1S/C32H12BF24.C12H14IO2/c34-25(35,36)13-1-14(26(37,38)39)6-21(5-13)33(22-7-15(27(40,41)42)2-16(8-22)28(43,44)45,23-9-17(29(46,47)48)3-18(10-23)30(49,50)51)24-11-19(31(52,53)54)4-20(12-24)32(55,56)57;1-7-5-11(14-9(7)3)13-12-6-8(2)10(4)15-12/h1-12H;5-6H,1-4H3/q-1;+1. The van der Waals surface area contributed by atoms with Crippen molar-refractivity contribution in [2.75, 3.05) is 0 Å². The van der Waals surface area contributed by atoms with Gasteiger partial charge in [-0.2, -0.15) is 127 Å². The van der Waals surface area contributed by atoms with Gasteiger partial charge >= 0.3 is 78.1 Å². The molecule has 6 rings (SSSR count). The van der Waals surface area contributed by atoms with Gasteiger partial charge in [-0.25, -0.2) is 0 Å². The molecule has 0 aliphatic rings. The highest BCUT2D eigenvalue weighted by Crippen LogP contribution is 2.41. The Balaban J connectivity index is 0.000000542. The lowest BCUT2D eigenvalue weighted by molar-refractivity contribution is -0.636. The van der Waals surface area contributed by atoms with E-state index < -0.39 is 195 Å². The molecule has 0 aliphatic heterocycles. The second-order valence-corrected chi connectivity index (χ2v) is 18.6. The first-order valence-corrected chi connectivity index (χ1v) is 21.6. The number of rotatable bonds is 6. The van der Waals surface area contributed by atoms with Crippen molar-refractivity contribution in [2.45, 2.75) is 77.1 Å². The van der Waals surface area contributed by atoms with Crippen LogP contribution in [0.5, 0.6) is 0 Å². The SMILES string of the molecule is Cc1cc([I+]c2cc(C)c(C)o2)oc1C.FC(F)(F)c1cc([B-](c2cc(C(F)(F)F)cc(C(F)(F)F)c2)(c2cc(C(F)(F)F)cc(C(F)(F)F)c2)c2cc(C(F)(F)F)cc(C(F)(F)F)c2)cc(C(F)(F)F)c1. The van der Waals surface area contributed by atoms with E-state index in [9.17, 15) is 105 Å². The number of halogens is 25. The van der Waals surface area contributed by atoms with Crippen molar-refractivity contribution >= 4 is 28.0 Å². The highest BCUT2D eigenvalue weighted by Gasteiger charge is 2.47. The highest BCUT2D eigenvalue weighted by molar-refractivity contribution is 7.20. The van der Waals surface area contributed by atoms with Gasteiger partial charge in [-0.3, -0.25) is 0 Å². The number of hydrogen-bond donors (Lipinski definition) is 0. The van der Waals surface area contributed by atoms with Crippen molar-refractivity contribution in [1.82, 2.24) is 0 Å². The number of hydrogen-bond acceptors (Lipinski definition) is 2. The van der Waals surface area contributed by atoms with Crippen LogP contribution in [0.15, 0.2) is 93.8 Å². The van der Waals surface area contributed by atoms with Crippen LogP contribution in [-0.2, 0) is 49.4 Å². The molecule has 72 heavy (non-hydrogen) atoms. The monoisotopic (exact) mass is 1180 g/mol. The minimum absolute atomic E-state index is 0.297. The van der Waals surface area contributed by atoms with E-state index in [1.54, 1.807) is 0 Å². The first-order valence-electron chi connectivity index (χ1n) is 19.5. The van der Waals surface area contributed by atoms with E-state index in [2.05, 4.69) is 26.0 Å². The quantitative estimate of drug-likeness (QED) is 0.0944. The Morgan fingerprint density at radius 2 is 0.444 bits per heavy atom. The predicted octanol–water partition coefficient (Wildman–Crippen LogP) is 11.4. The second kappa shape index (κ2) is 19.1. The average Bonchev–Trinajstić information content (AvgIpc) is 3.71. The molecule has 2 aromatic heterocycles. The number of benzene rings is 4. The van der Waals surface area contributed by atoms with E-state index >= 15 is 0 Å². The predicted molar refractivity (Wildman–Crippen MR) is 204 cm³/mol. The zero-order valence-electron chi connectivity index (χ0n) is 35.9. The van der Waals surface area contributed by atoms with Gasteiger partial charge < -0.3 is 8.83 Å². The molecule has 0 unspecified atom stereocenters. The average molecular weight is 1180 g/mol. The molecular weight excluding hydrogens is 1150 g/mol. The smallest absolute Gasteiger partial charge is 0.423 e. The van der Waals surface area contributed by atoms with E-state index in [4.69, 9.17) is 8.83 Å². The van der Waals surface area contributed by atoms with E-state index in [0.717, 1.165) is 19.1 Å². The molecule has 6 aromatic rings. The molecular formula is C44H26BF24IO2. The third-order valence-electron chi connectivity index (χ3n) is 10.9. The molecule has 0 saturated heterocycles. The van der Waals surface area contributed by atoms with E-state index in [1.165, 1.54) is 11.1 Å². The summed E-state index contributed by atoms with van der Waals surface area (Å²) in [5.41, 5.74) is -27.8. The molecule has 28 heteroatoms. The van der Waals surface area contributed by atoms with Gasteiger partial charge in [0.15, 0.2) is 0 Å². The molecule has 0 aliphatic carbocycles. The Kier molecular flexibility index (Phi) is 15.3. The van der Waals surface area contributed by atoms with E-state index in [1.807, 2.05) is 13.8 Å². The van der Waals surface area contributed by atoms with Gasteiger partial charge in [-0.05, 0) is 63.1 Å². The Labute approximate surface area is 399 Å².